The quantitative estimate of drug-likeness (QED) is 0.540. The highest BCUT2D eigenvalue weighted by molar-refractivity contribution is 5.91. The van der Waals surface area contributed by atoms with Crippen LogP contribution in [0.4, 0.5) is 5.69 Å². The predicted octanol–water partition coefficient (Wildman–Crippen LogP) is 3.70. The fourth-order valence-corrected chi connectivity index (χ4v) is 3.16. The Bertz CT molecular complexity index is 619. The smallest absolute Gasteiger partial charge is 0.338 e. The lowest BCUT2D eigenvalue weighted by Gasteiger charge is -2.20. The second kappa shape index (κ2) is 10.6. The Hall–Kier alpha value is -2.30. The fraction of sp³-hybridized carbons (Fsp3) is 0.524. The maximum absolute atomic E-state index is 12.1. The number of nitrogens with one attached hydrogen (secondary N) is 1. The number of allylic oxidation sites excluding steroid dienone is 1. The maximum atomic E-state index is 12.1. The highest BCUT2D eigenvalue weighted by atomic mass is 16.5. The van der Waals surface area contributed by atoms with Crippen molar-refractivity contribution < 1.29 is 14.3 Å². The number of rotatable bonds is 9. The number of nitrogens with zero attached hydrogens (tertiary/aromatic N) is 1. The van der Waals surface area contributed by atoms with Gasteiger partial charge in [0.1, 0.15) is 0 Å². The third-order valence-corrected chi connectivity index (χ3v) is 4.72. The molecule has 1 amide bonds. The van der Waals surface area contributed by atoms with Crippen molar-refractivity contribution in [2.45, 2.75) is 46.0 Å². The molecule has 0 atom stereocenters. The highest BCUT2D eigenvalue weighted by Crippen LogP contribution is 2.19. The maximum Gasteiger partial charge on any atom is 0.338 e. The van der Waals surface area contributed by atoms with E-state index in [1.165, 1.54) is 18.4 Å². The van der Waals surface area contributed by atoms with Gasteiger partial charge < -0.3 is 15.0 Å². The number of hydrogen-bond acceptors (Lipinski definition) is 4. The van der Waals surface area contributed by atoms with Gasteiger partial charge in [-0.05, 0) is 70.2 Å². The number of amides is 1. The molecule has 2 rings (SSSR count). The highest BCUT2D eigenvalue weighted by Gasteiger charge is 2.11. The standard InChI is InChI=1S/C21H30N2O3/c1-3-23(4-2)19-12-10-18(11-13-19)21(25)26-16-20(24)22-15-14-17-8-6-5-7-9-17/h8,10-13H,3-7,9,14-16H2,1-2H3,(H,22,24). The van der Waals surface area contributed by atoms with E-state index in [2.05, 4.69) is 30.1 Å². The summed E-state index contributed by atoms with van der Waals surface area (Å²) in [6, 6.07) is 7.29. The van der Waals surface area contributed by atoms with Crippen LogP contribution in [0.5, 0.6) is 0 Å². The van der Waals surface area contributed by atoms with Gasteiger partial charge in [-0.3, -0.25) is 4.79 Å². The van der Waals surface area contributed by atoms with Gasteiger partial charge in [0, 0.05) is 25.3 Å². The summed E-state index contributed by atoms with van der Waals surface area (Å²) in [5.41, 5.74) is 2.95. The minimum atomic E-state index is -0.471. The average molecular weight is 358 g/mol. The summed E-state index contributed by atoms with van der Waals surface area (Å²) in [5, 5.41) is 2.81. The molecule has 0 saturated carbocycles. The van der Waals surface area contributed by atoms with Gasteiger partial charge in [-0.25, -0.2) is 4.79 Å². The molecule has 0 radical (unpaired) electrons. The van der Waals surface area contributed by atoms with Crippen LogP contribution in [0.2, 0.25) is 0 Å². The Labute approximate surface area is 156 Å². The third kappa shape index (κ3) is 6.21. The summed E-state index contributed by atoms with van der Waals surface area (Å²) >= 11 is 0. The van der Waals surface area contributed by atoms with Crippen molar-refractivity contribution in [3.63, 3.8) is 0 Å². The number of carbonyl (C=O) groups excluding carboxylic acids is 2. The van der Waals surface area contributed by atoms with E-state index in [9.17, 15) is 9.59 Å². The van der Waals surface area contributed by atoms with Crippen LogP contribution in [0, 0.1) is 0 Å². The Morgan fingerprint density at radius 2 is 1.85 bits per heavy atom. The molecule has 0 unspecified atom stereocenters. The molecule has 0 bridgehead atoms. The largest absolute Gasteiger partial charge is 0.452 e. The molecule has 5 nitrogen and oxygen atoms in total. The van der Waals surface area contributed by atoms with Crippen molar-refractivity contribution in [3.05, 3.63) is 41.5 Å². The molecule has 1 aromatic carbocycles. The molecule has 1 aromatic rings. The number of anilines is 1. The lowest BCUT2D eigenvalue weighted by molar-refractivity contribution is -0.124. The topological polar surface area (TPSA) is 58.6 Å². The van der Waals surface area contributed by atoms with E-state index in [0.717, 1.165) is 38.0 Å². The number of esters is 1. The second-order valence-corrected chi connectivity index (χ2v) is 6.50. The molecule has 142 valence electrons. The van der Waals surface area contributed by atoms with Crippen molar-refractivity contribution in [2.24, 2.45) is 0 Å². The molecule has 0 heterocycles. The van der Waals surface area contributed by atoms with Gasteiger partial charge in [0.2, 0.25) is 0 Å². The van der Waals surface area contributed by atoms with E-state index in [4.69, 9.17) is 4.74 Å². The number of hydrogen-bond donors (Lipinski definition) is 1. The van der Waals surface area contributed by atoms with Gasteiger partial charge in [0.05, 0.1) is 5.56 Å². The Morgan fingerprint density at radius 1 is 1.12 bits per heavy atom. The minimum Gasteiger partial charge on any atom is -0.452 e. The molecule has 1 N–H and O–H groups in total. The Balaban J connectivity index is 1.71. The Morgan fingerprint density at radius 3 is 2.46 bits per heavy atom. The van der Waals surface area contributed by atoms with Crippen LogP contribution in [0.1, 0.15) is 56.3 Å². The summed E-state index contributed by atoms with van der Waals surface area (Å²) in [7, 11) is 0. The zero-order chi connectivity index (χ0) is 18.8. The monoisotopic (exact) mass is 358 g/mol. The third-order valence-electron chi connectivity index (χ3n) is 4.72. The lowest BCUT2D eigenvalue weighted by atomic mass is 9.97. The number of benzene rings is 1. The Kier molecular flexibility index (Phi) is 8.19. The SMILES string of the molecule is CCN(CC)c1ccc(C(=O)OCC(=O)NCCC2=CCCCC2)cc1. The molecular formula is C21H30N2O3. The van der Waals surface area contributed by atoms with E-state index in [0.29, 0.717) is 12.1 Å². The van der Waals surface area contributed by atoms with Gasteiger partial charge in [-0.2, -0.15) is 0 Å². The second-order valence-electron chi connectivity index (χ2n) is 6.50. The van der Waals surface area contributed by atoms with Crippen molar-refractivity contribution in [2.75, 3.05) is 31.1 Å². The van der Waals surface area contributed by atoms with Crippen LogP contribution in [-0.2, 0) is 9.53 Å². The van der Waals surface area contributed by atoms with Crippen LogP contribution in [0.3, 0.4) is 0 Å². The molecule has 0 saturated heterocycles. The number of ether oxygens (including phenoxy) is 1. The van der Waals surface area contributed by atoms with Crippen LogP contribution in [0.25, 0.3) is 0 Å². The zero-order valence-corrected chi connectivity index (χ0v) is 15.9. The van der Waals surface area contributed by atoms with E-state index < -0.39 is 5.97 Å². The van der Waals surface area contributed by atoms with E-state index in [1.54, 1.807) is 12.1 Å². The van der Waals surface area contributed by atoms with Gasteiger partial charge >= 0.3 is 5.97 Å². The molecule has 5 heteroatoms. The van der Waals surface area contributed by atoms with Gasteiger partial charge in [-0.1, -0.05) is 11.6 Å². The molecular weight excluding hydrogens is 328 g/mol. The zero-order valence-electron chi connectivity index (χ0n) is 15.9. The first-order chi connectivity index (χ1) is 12.6. The van der Waals surface area contributed by atoms with Crippen LogP contribution >= 0.6 is 0 Å². The first-order valence-electron chi connectivity index (χ1n) is 9.60. The fourth-order valence-electron chi connectivity index (χ4n) is 3.16. The van der Waals surface area contributed by atoms with E-state index in [-0.39, 0.29) is 12.5 Å². The van der Waals surface area contributed by atoms with Crippen LogP contribution in [-0.4, -0.2) is 38.1 Å². The molecule has 1 aliphatic rings. The van der Waals surface area contributed by atoms with Crippen molar-refractivity contribution in [1.29, 1.82) is 0 Å². The first-order valence-corrected chi connectivity index (χ1v) is 9.60. The first kappa shape index (κ1) is 20.0. The summed E-state index contributed by atoms with van der Waals surface area (Å²) in [4.78, 5) is 26.1. The molecule has 1 aliphatic carbocycles. The summed E-state index contributed by atoms with van der Waals surface area (Å²) in [6.07, 6.45) is 7.94. The molecule has 0 fully saturated rings. The molecule has 0 aliphatic heterocycles. The van der Waals surface area contributed by atoms with Gasteiger partial charge in [0.15, 0.2) is 6.61 Å². The van der Waals surface area contributed by atoms with Crippen molar-refractivity contribution >= 4 is 17.6 Å². The minimum absolute atomic E-state index is 0.240. The van der Waals surface area contributed by atoms with E-state index in [1.807, 2.05) is 12.1 Å². The molecule has 0 spiro atoms. The van der Waals surface area contributed by atoms with Crippen LogP contribution in [0.15, 0.2) is 35.9 Å². The molecule has 26 heavy (non-hydrogen) atoms. The summed E-state index contributed by atoms with van der Waals surface area (Å²) < 4.78 is 5.11. The van der Waals surface area contributed by atoms with Gasteiger partial charge in [-0.15, -0.1) is 0 Å². The van der Waals surface area contributed by atoms with Crippen molar-refractivity contribution in [1.82, 2.24) is 5.32 Å². The average Bonchev–Trinajstić information content (AvgIpc) is 2.68. The predicted molar refractivity (Wildman–Crippen MR) is 104 cm³/mol. The van der Waals surface area contributed by atoms with Gasteiger partial charge in [0.25, 0.3) is 5.91 Å². The van der Waals surface area contributed by atoms with Crippen molar-refractivity contribution in [3.8, 4) is 0 Å². The van der Waals surface area contributed by atoms with Crippen LogP contribution < -0.4 is 10.2 Å². The molecule has 0 aromatic heterocycles. The summed E-state index contributed by atoms with van der Waals surface area (Å²) in [5.74, 6) is -0.726. The lowest BCUT2D eigenvalue weighted by Crippen LogP contribution is -2.29. The van der Waals surface area contributed by atoms with E-state index >= 15 is 0 Å². The normalized spacial score (nSPS) is 13.7. The number of carbonyl (C=O) groups is 2. The summed E-state index contributed by atoms with van der Waals surface area (Å²) in [6.45, 7) is 6.37.